The minimum Gasteiger partial charge on any atom is -0.352 e. The SMILES string of the molecule is Cc1nn(-c2ccc(F)cc2)c2nc(C3CC3)nc(N3CCN(C(=O)C(C)C)CC3)c12. The minimum absolute atomic E-state index is 0.00922. The van der Waals surface area contributed by atoms with E-state index < -0.39 is 0 Å². The first kappa shape index (κ1) is 19.9. The lowest BCUT2D eigenvalue weighted by Gasteiger charge is -2.36. The topological polar surface area (TPSA) is 67.2 Å². The van der Waals surface area contributed by atoms with E-state index in [1.54, 1.807) is 16.8 Å². The first-order chi connectivity index (χ1) is 14.9. The van der Waals surface area contributed by atoms with Gasteiger partial charge in [0.05, 0.1) is 16.8 Å². The van der Waals surface area contributed by atoms with Crippen LogP contribution in [0.5, 0.6) is 0 Å². The van der Waals surface area contributed by atoms with Crippen molar-refractivity contribution in [3.05, 3.63) is 41.6 Å². The van der Waals surface area contributed by atoms with Crippen LogP contribution in [0.3, 0.4) is 0 Å². The fourth-order valence-corrected chi connectivity index (χ4v) is 4.20. The molecule has 0 unspecified atom stereocenters. The van der Waals surface area contributed by atoms with Crippen molar-refractivity contribution >= 4 is 22.8 Å². The number of carbonyl (C=O) groups is 1. The molecule has 2 aromatic heterocycles. The molecule has 0 radical (unpaired) electrons. The molecule has 31 heavy (non-hydrogen) atoms. The zero-order chi connectivity index (χ0) is 21.7. The predicted molar refractivity (Wildman–Crippen MR) is 117 cm³/mol. The van der Waals surface area contributed by atoms with Crippen LogP contribution in [0.25, 0.3) is 16.7 Å². The largest absolute Gasteiger partial charge is 0.352 e. The van der Waals surface area contributed by atoms with E-state index in [2.05, 4.69) is 4.90 Å². The normalized spacial score (nSPS) is 17.1. The molecule has 162 valence electrons. The average Bonchev–Trinajstić information content (AvgIpc) is 3.57. The summed E-state index contributed by atoms with van der Waals surface area (Å²) in [5, 5.41) is 5.66. The molecular formula is C23H27FN6O. The van der Waals surface area contributed by atoms with Crippen LogP contribution in [0, 0.1) is 18.7 Å². The lowest BCUT2D eigenvalue weighted by atomic mass is 10.1. The first-order valence-electron chi connectivity index (χ1n) is 11.0. The van der Waals surface area contributed by atoms with Gasteiger partial charge in [-0.15, -0.1) is 0 Å². The van der Waals surface area contributed by atoms with Crippen molar-refractivity contribution in [1.29, 1.82) is 0 Å². The van der Waals surface area contributed by atoms with Crippen molar-refractivity contribution < 1.29 is 9.18 Å². The van der Waals surface area contributed by atoms with Crippen molar-refractivity contribution in [3.8, 4) is 5.69 Å². The van der Waals surface area contributed by atoms with Gasteiger partial charge in [-0.05, 0) is 44.0 Å². The van der Waals surface area contributed by atoms with Crippen molar-refractivity contribution in [3.63, 3.8) is 0 Å². The Bertz CT molecular complexity index is 1130. The molecule has 2 aliphatic rings. The van der Waals surface area contributed by atoms with E-state index in [9.17, 15) is 9.18 Å². The monoisotopic (exact) mass is 422 g/mol. The Hall–Kier alpha value is -3.03. The van der Waals surface area contributed by atoms with Crippen LogP contribution in [0.4, 0.5) is 10.2 Å². The second-order valence-electron chi connectivity index (χ2n) is 8.82. The maximum atomic E-state index is 13.5. The van der Waals surface area contributed by atoms with E-state index in [-0.39, 0.29) is 17.6 Å². The van der Waals surface area contributed by atoms with Gasteiger partial charge in [0.15, 0.2) is 5.65 Å². The number of anilines is 1. The molecule has 7 nitrogen and oxygen atoms in total. The molecule has 1 aliphatic heterocycles. The Morgan fingerprint density at radius 1 is 1.06 bits per heavy atom. The van der Waals surface area contributed by atoms with Crippen LogP contribution in [0.2, 0.25) is 0 Å². The van der Waals surface area contributed by atoms with Crippen molar-refractivity contribution in [2.24, 2.45) is 5.92 Å². The standard InChI is InChI=1S/C23H27FN6O/c1-14(2)23(31)29-12-10-28(11-13-29)21-19-15(3)27-30(18-8-6-17(24)7-9-18)22(19)26-20(25-21)16-4-5-16/h6-9,14,16H,4-5,10-13H2,1-3H3. The number of fused-ring (bicyclic) bond motifs is 1. The zero-order valence-electron chi connectivity index (χ0n) is 18.2. The number of halogens is 1. The van der Waals surface area contributed by atoms with Crippen LogP contribution in [0.15, 0.2) is 24.3 Å². The molecule has 1 aromatic carbocycles. The predicted octanol–water partition coefficient (Wildman–Crippen LogP) is 3.45. The number of aromatic nitrogens is 4. The summed E-state index contributed by atoms with van der Waals surface area (Å²) in [4.78, 5) is 26.4. The number of carbonyl (C=O) groups excluding carboxylic acids is 1. The molecule has 0 spiro atoms. The summed E-state index contributed by atoms with van der Waals surface area (Å²) in [6, 6.07) is 6.31. The molecule has 1 amide bonds. The highest BCUT2D eigenvalue weighted by Crippen LogP contribution is 2.40. The molecule has 0 atom stereocenters. The summed E-state index contributed by atoms with van der Waals surface area (Å²) in [5.41, 5.74) is 2.38. The number of hydrogen-bond donors (Lipinski definition) is 0. The number of benzene rings is 1. The molecule has 1 aliphatic carbocycles. The molecule has 3 heterocycles. The number of piperazine rings is 1. The van der Waals surface area contributed by atoms with Gasteiger partial charge in [0.25, 0.3) is 0 Å². The van der Waals surface area contributed by atoms with Gasteiger partial charge >= 0.3 is 0 Å². The number of rotatable bonds is 4. The highest BCUT2D eigenvalue weighted by molar-refractivity contribution is 5.91. The fraction of sp³-hybridized carbons (Fsp3) is 0.478. The number of amides is 1. The van der Waals surface area contributed by atoms with Crippen LogP contribution in [-0.4, -0.2) is 56.7 Å². The van der Waals surface area contributed by atoms with Crippen LogP contribution >= 0.6 is 0 Å². The third-order valence-corrected chi connectivity index (χ3v) is 6.10. The number of hydrogen-bond acceptors (Lipinski definition) is 5. The molecule has 8 heteroatoms. The summed E-state index contributed by atoms with van der Waals surface area (Å²) in [5.74, 6) is 2.07. The van der Waals surface area contributed by atoms with Gasteiger partial charge in [-0.1, -0.05) is 13.8 Å². The first-order valence-corrected chi connectivity index (χ1v) is 11.0. The summed E-state index contributed by atoms with van der Waals surface area (Å²) in [6.07, 6.45) is 2.20. The van der Waals surface area contributed by atoms with Crippen molar-refractivity contribution in [1.82, 2.24) is 24.6 Å². The van der Waals surface area contributed by atoms with Crippen LogP contribution in [0.1, 0.15) is 44.1 Å². The minimum atomic E-state index is -0.278. The quantitative estimate of drug-likeness (QED) is 0.644. The van der Waals surface area contributed by atoms with E-state index in [1.807, 2.05) is 25.7 Å². The van der Waals surface area contributed by atoms with E-state index in [0.717, 1.165) is 60.0 Å². The van der Waals surface area contributed by atoms with Gasteiger partial charge in [-0.3, -0.25) is 4.79 Å². The Morgan fingerprint density at radius 3 is 2.35 bits per heavy atom. The lowest BCUT2D eigenvalue weighted by Crippen LogP contribution is -2.50. The third kappa shape index (κ3) is 3.64. The van der Waals surface area contributed by atoms with Gasteiger partial charge in [-0.2, -0.15) is 5.10 Å². The van der Waals surface area contributed by atoms with E-state index in [4.69, 9.17) is 15.1 Å². The molecule has 1 saturated carbocycles. The molecule has 1 saturated heterocycles. The van der Waals surface area contributed by atoms with Crippen molar-refractivity contribution in [2.75, 3.05) is 31.1 Å². The Balaban J connectivity index is 1.55. The van der Waals surface area contributed by atoms with Crippen LogP contribution in [-0.2, 0) is 4.79 Å². The van der Waals surface area contributed by atoms with Gasteiger partial charge < -0.3 is 9.80 Å². The van der Waals surface area contributed by atoms with E-state index in [1.165, 1.54) is 12.1 Å². The van der Waals surface area contributed by atoms with Crippen LogP contribution < -0.4 is 4.90 Å². The number of aryl methyl sites for hydroxylation is 1. The fourth-order valence-electron chi connectivity index (χ4n) is 4.20. The maximum absolute atomic E-state index is 13.5. The highest BCUT2D eigenvalue weighted by Gasteiger charge is 2.31. The van der Waals surface area contributed by atoms with Crippen molar-refractivity contribution in [2.45, 2.75) is 39.5 Å². The summed E-state index contributed by atoms with van der Waals surface area (Å²) < 4.78 is 15.2. The van der Waals surface area contributed by atoms with E-state index >= 15 is 0 Å². The third-order valence-electron chi connectivity index (χ3n) is 6.10. The molecule has 0 N–H and O–H groups in total. The second-order valence-corrected chi connectivity index (χ2v) is 8.82. The molecule has 5 rings (SSSR count). The highest BCUT2D eigenvalue weighted by atomic mass is 19.1. The van der Waals surface area contributed by atoms with Gasteiger partial charge in [0.2, 0.25) is 5.91 Å². The molecule has 2 fully saturated rings. The molecule has 3 aromatic rings. The molecule has 0 bridgehead atoms. The zero-order valence-corrected chi connectivity index (χ0v) is 18.2. The Labute approximate surface area is 180 Å². The smallest absolute Gasteiger partial charge is 0.225 e. The Morgan fingerprint density at radius 2 is 1.74 bits per heavy atom. The van der Waals surface area contributed by atoms with E-state index in [0.29, 0.717) is 19.0 Å². The Kier molecular flexibility index (Phi) is 4.87. The molecular weight excluding hydrogens is 395 g/mol. The number of nitrogens with zero attached hydrogens (tertiary/aromatic N) is 6. The lowest BCUT2D eigenvalue weighted by molar-refractivity contribution is -0.134. The summed E-state index contributed by atoms with van der Waals surface area (Å²) >= 11 is 0. The van der Waals surface area contributed by atoms with Gasteiger partial charge in [0, 0.05) is 38.0 Å². The summed E-state index contributed by atoms with van der Waals surface area (Å²) in [7, 11) is 0. The second kappa shape index (κ2) is 7.59. The maximum Gasteiger partial charge on any atom is 0.225 e. The van der Waals surface area contributed by atoms with Gasteiger partial charge in [0.1, 0.15) is 17.5 Å². The van der Waals surface area contributed by atoms with Gasteiger partial charge in [-0.25, -0.2) is 19.0 Å². The average molecular weight is 423 g/mol. The summed E-state index contributed by atoms with van der Waals surface area (Å²) in [6.45, 7) is 8.69.